The number of nitrogens with zero attached hydrogens (tertiary/aromatic N) is 4. The zero-order valence-corrected chi connectivity index (χ0v) is 24.2. The van der Waals surface area contributed by atoms with E-state index >= 15 is 0 Å². The molecular formula is C31H32N6O7. The Balaban J connectivity index is 1.63. The molecule has 4 rings (SSSR count). The van der Waals surface area contributed by atoms with Crippen LogP contribution >= 0.6 is 0 Å². The summed E-state index contributed by atoms with van der Waals surface area (Å²) < 4.78 is 5.13. The lowest BCUT2D eigenvalue weighted by Gasteiger charge is -2.32. The molecule has 0 aromatic heterocycles. The summed E-state index contributed by atoms with van der Waals surface area (Å²) in [6.07, 6.45) is -1.06. The molecule has 1 fully saturated rings. The second kappa shape index (κ2) is 13.6. The summed E-state index contributed by atoms with van der Waals surface area (Å²) in [4.78, 5) is 67.0. The first kappa shape index (κ1) is 31.3. The van der Waals surface area contributed by atoms with Gasteiger partial charge in [-0.2, -0.15) is 10.1 Å². The summed E-state index contributed by atoms with van der Waals surface area (Å²) >= 11 is 0. The van der Waals surface area contributed by atoms with Crippen LogP contribution in [0.2, 0.25) is 0 Å². The standard InChI is InChI=1S/C31H32N6O7/c1-21(38)36(19-26(27(39)40)34-29(42)44-20-24-11-7-4-8-12-24)37-28(41)31(2,25-15-13-22(14-16-25)17-33-32)35(30(37)43)18-23-9-5-3-6-10-23/h3-16,26,32H,17-20H2,1-2H3,(H,34,42)(H,39,40)/t26-,31+/m0/s1. The lowest BCUT2D eigenvalue weighted by Crippen LogP contribution is -2.57. The van der Waals surface area contributed by atoms with Crippen molar-refractivity contribution >= 4 is 29.9 Å². The molecule has 3 aromatic carbocycles. The third kappa shape index (κ3) is 6.72. The van der Waals surface area contributed by atoms with Gasteiger partial charge in [-0.25, -0.2) is 24.9 Å². The van der Waals surface area contributed by atoms with Crippen LogP contribution in [-0.2, 0) is 44.4 Å². The molecule has 2 atom stereocenters. The number of hydrazine groups is 1. The Kier molecular flexibility index (Phi) is 9.68. The molecule has 228 valence electrons. The number of urea groups is 1. The number of carboxylic acids is 1. The Labute approximate surface area is 253 Å². The molecule has 44 heavy (non-hydrogen) atoms. The third-order valence-electron chi connectivity index (χ3n) is 7.29. The first-order valence-corrected chi connectivity index (χ1v) is 13.7. The fourth-order valence-corrected chi connectivity index (χ4v) is 4.84. The number of hydrogen-bond acceptors (Lipinski definition) is 8. The Morgan fingerprint density at radius 3 is 2.09 bits per heavy atom. The van der Waals surface area contributed by atoms with Gasteiger partial charge in [0.15, 0.2) is 0 Å². The van der Waals surface area contributed by atoms with Crippen molar-refractivity contribution < 1.29 is 33.8 Å². The van der Waals surface area contributed by atoms with E-state index in [0.717, 1.165) is 17.5 Å². The summed E-state index contributed by atoms with van der Waals surface area (Å²) in [5, 5.41) is 16.8. The van der Waals surface area contributed by atoms with Crippen molar-refractivity contribution in [1.82, 2.24) is 20.2 Å². The number of benzene rings is 3. The number of amides is 5. The molecule has 1 aliphatic heterocycles. The summed E-state index contributed by atoms with van der Waals surface area (Å²) in [5.41, 5.74) is 8.06. The zero-order chi connectivity index (χ0) is 31.9. The maximum atomic E-state index is 14.2. The van der Waals surface area contributed by atoms with E-state index in [1.165, 1.54) is 4.90 Å². The second-order valence-electron chi connectivity index (χ2n) is 10.3. The highest BCUT2D eigenvalue weighted by atomic mass is 16.5. The third-order valence-corrected chi connectivity index (χ3v) is 7.29. The summed E-state index contributed by atoms with van der Waals surface area (Å²) in [5.74, 6) is -3.10. The van der Waals surface area contributed by atoms with Gasteiger partial charge in [-0.15, -0.1) is 0 Å². The Hall–Kier alpha value is -5.59. The molecule has 13 nitrogen and oxygen atoms in total. The monoisotopic (exact) mass is 600 g/mol. The van der Waals surface area contributed by atoms with Crippen molar-refractivity contribution in [3.63, 3.8) is 0 Å². The van der Waals surface area contributed by atoms with Gasteiger partial charge >= 0.3 is 18.1 Å². The lowest BCUT2D eigenvalue weighted by molar-refractivity contribution is -0.158. The summed E-state index contributed by atoms with van der Waals surface area (Å²) in [6.45, 7) is 1.91. The number of ether oxygens (including phenoxy) is 1. The highest BCUT2D eigenvalue weighted by Gasteiger charge is 2.58. The predicted molar refractivity (Wildman–Crippen MR) is 155 cm³/mol. The topological polar surface area (TPSA) is 173 Å². The van der Waals surface area contributed by atoms with Crippen LogP contribution in [0.25, 0.3) is 0 Å². The molecule has 3 aromatic rings. The molecule has 1 heterocycles. The van der Waals surface area contributed by atoms with Gasteiger partial charge in [0.1, 0.15) is 18.2 Å². The van der Waals surface area contributed by atoms with Crippen LogP contribution in [0.1, 0.15) is 36.1 Å². The molecule has 0 bridgehead atoms. The Morgan fingerprint density at radius 2 is 1.55 bits per heavy atom. The summed E-state index contributed by atoms with van der Waals surface area (Å²) in [7, 11) is 0. The van der Waals surface area contributed by atoms with E-state index in [-0.39, 0.29) is 19.7 Å². The van der Waals surface area contributed by atoms with E-state index in [2.05, 4.69) is 10.4 Å². The number of carbonyl (C=O) groups is 5. The molecule has 1 saturated heterocycles. The predicted octanol–water partition coefficient (Wildman–Crippen LogP) is 4.04. The zero-order valence-electron chi connectivity index (χ0n) is 24.2. The largest absolute Gasteiger partial charge is 0.480 e. The van der Waals surface area contributed by atoms with E-state index in [9.17, 15) is 29.1 Å². The van der Waals surface area contributed by atoms with Crippen LogP contribution < -0.4 is 5.32 Å². The van der Waals surface area contributed by atoms with Crippen LogP contribution in [0.4, 0.5) is 9.59 Å². The first-order valence-electron chi connectivity index (χ1n) is 13.7. The van der Waals surface area contributed by atoms with Crippen LogP contribution in [0.15, 0.2) is 90.0 Å². The quantitative estimate of drug-likeness (QED) is 0.208. The van der Waals surface area contributed by atoms with Crippen molar-refractivity contribution in [3.8, 4) is 0 Å². The molecule has 0 spiro atoms. The number of alkyl carbamates (subject to hydrolysis) is 1. The number of hydrogen-bond donors (Lipinski definition) is 3. The van der Waals surface area contributed by atoms with Gasteiger partial charge in [0.2, 0.25) is 5.91 Å². The molecule has 0 aliphatic carbocycles. The molecule has 0 unspecified atom stereocenters. The van der Waals surface area contributed by atoms with Crippen molar-refractivity contribution in [2.45, 2.75) is 45.1 Å². The summed E-state index contributed by atoms with van der Waals surface area (Å²) in [6, 6.07) is 21.8. The minimum atomic E-state index is -1.72. The lowest BCUT2D eigenvalue weighted by atomic mass is 9.89. The normalized spacial score (nSPS) is 16.8. The first-order chi connectivity index (χ1) is 21.1. The van der Waals surface area contributed by atoms with E-state index in [4.69, 9.17) is 10.3 Å². The number of carbonyl (C=O) groups excluding carboxylic acids is 4. The van der Waals surface area contributed by atoms with Crippen molar-refractivity contribution in [3.05, 3.63) is 107 Å². The van der Waals surface area contributed by atoms with Crippen LogP contribution in [-0.4, -0.2) is 62.5 Å². The van der Waals surface area contributed by atoms with Gasteiger partial charge < -0.3 is 15.2 Å². The fourth-order valence-electron chi connectivity index (χ4n) is 4.84. The van der Waals surface area contributed by atoms with Gasteiger partial charge in [0.05, 0.1) is 13.1 Å². The molecule has 5 amide bonds. The van der Waals surface area contributed by atoms with Crippen molar-refractivity contribution in [2.24, 2.45) is 5.11 Å². The number of nitrogens with one attached hydrogen (secondary N) is 2. The highest BCUT2D eigenvalue weighted by molar-refractivity contribution is 6.08. The second-order valence-corrected chi connectivity index (χ2v) is 10.3. The minimum Gasteiger partial charge on any atom is -0.480 e. The van der Waals surface area contributed by atoms with Crippen LogP contribution in [0.3, 0.4) is 0 Å². The molecule has 1 aliphatic rings. The highest BCUT2D eigenvalue weighted by Crippen LogP contribution is 2.39. The minimum absolute atomic E-state index is 0.000381. The SMILES string of the molecule is CC(=O)N(C[C@H](NC(=O)OCc1ccccc1)C(=O)O)N1C(=O)N(Cc2ccccc2)[C@](C)(c2ccc(CN=N)cc2)C1=O. The number of aliphatic carboxylic acids is 1. The van der Waals surface area contributed by atoms with E-state index in [1.807, 2.05) is 6.07 Å². The van der Waals surface area contributed by atoms with Gasteiger partial charge in [0.25, 0.3) is 5.91 Å². The van der Waals surface area contributed by atoms with E-state index in [1.54, 1.807) is 85.8 Å². The van der Waals surface area contributed by atoms with E-state index in [0.29, 0.717) is 21.7 Å². The van der Waals surface area contributed by atoms with Crippen LogP contribution in [0, 0.1) is 5.53 Å². The molecule has 13 heteroatoms. The van der Waals surface area contributed by atoms with Gasteiger partial charge in [-0.3, -0.25) is 14.5 Å². The maximum Gasteiger partial charge on any atom is 0.408 e. The van der Waals surface area contributed by atoms with E-state index < -0.39 is 48.0 Å². The fraction of sp³-hybridized carbons (Fsp3) is 0.258. The van der Waals surface area contributed by atoms with Gasteiger partial charge in [0, 0.05) is 13.5 Å². The van der Waals surface area contributed by atoms with Gasteiger partial charge in [-0.1, -0.05) is 84.9 Å². The maximum absolute atomic E-state index is 14.2. The molecule has 0 saturated carbocycles. The number of imide groups is 1. The van der Waals surface area contributed by atoms with Crippen molar-refractivity contribution in [1.29, 1.82) is 5.53 Å². The Bertz CT molecular complexity index is 1530. The van der Waals surface area contributed by atoms with Gasteiger partial charge in [-0.05, 0) is 29.2 Å². The van der Waals surface area contributed by atoms with Crippen LogP contribution in [0.5, 0.6) is 0 Å². The molecule has 0 radical (unpaired) electrons. The smallest absolute Gasteiger partial charge is 0.408 e. The average Bonchev–Trinajstić information content (AvgIpc) is 3.20. The Morgan fingerprint density at radius 1 is 0.955 bits per heavy atom. The number of rotatable bonds is 12. The molecular weight excluding hydrogens is 568 g/mol. The number of carboxylic acid groups (broad SMARTS) is 1. The molecule has 3 N–H and O–H groups in total. The van der Waals surface area contributed by atoms with Crippen molar-refractivity contribution in [2.75, 3.05) is 6.54 Å². The average molecular weight is 601 g/mol.